The molecule has 336 valence electrons. The van der Waals surface area contributed by atoms with E-state index in [2.05, 4.69) is 273 Å². The van der Waals surface area contributed by atoms with Crippen LogP contribution in [-0.2, 0) is 0 Å². The van der Waals surface area contributed by atoms with Crippen LogP contribution in [0.4, 0.5) is 68.2 Å². The molecule has 13 aromatic rings. The summed E-state index contributed by atoms with van der Waals surface area (Å²) in [6.45, 7) is -0.00198. The minimum atomic E-state index is -0.0211. The van der Waals surface area contributed by atoms with E-state index in [0.717, 1.165) is 22.7 Å². The van der Waals surface area contributed by atoms with Gasteiger partial charge in [0.1, 0.15) is 0 Å². The van der Waals surface area contributed by atoms with Crippen LogP contribution in [0, 0.1) is 0 Å². The summed E-state index contributed by atoms with van der Waals surface area (Å²) in [7, 11) is 0. The largest absolute Gasteiger partial charge is 0.311 e. The maximum atomic E-state index is 2.61. The van der Waals surface area contributed by atoms with Crippen LogP contribution in [0.15, 0.2) is 249 Å². The van der Waals surface area contributed by atoms with Gasteiger partial charge in [-0.2, -0.15) is 0 Å². The van der Waals surface area contributed by atoms with Crippen molar-refractivity contribution in [3.63, 3.8) is 0 Å². The molecule has 0 fully saturated rings. The van der Waals surface area contributed by atoms with Crippen molar-refractivity contribution in [3.8, 4) is 0 Å². The summed E-state index contributed by atoms with van der Waals surface area (Å²) in [5, 5.41) is 5.14. The molecule has 0 spiro atoms. The molecule has 0 amide bonds. The Balaban J connectivity index is 0.970. The Morgan fingerprint density at radius 3 is 1.21 bits per heavy atom. The fourth-order valence-corrected chi connectivity index (χ4v) is 13.7. The van der Waals surface area contributed by atoms with Gasteiger partial charge in [0, 0.05) is 89.8 Å². The lowest BCUT2D eigenvalue weighted by Gasteiger charge is -2.44. The van der Waals surface area contributed by atoms with Gasteiger partial charge in [-0.15, -0.1) is 0 Å². The Bertz CT molecular complexity index is 4410. The Kier molecular flexibility index (Phi) is 7.84. The number of aromatic nitrogens is 1. The number of benzene rings is 11. The van der Waals surface area contributed by atoms with Crippen LogP contribution >= 0.6 is 0 Å². The average molecular weight is 926 g/mol. The molecule has 7 heteroatoms. The van der Waals surface area contributed by atoms with E-state index in [4.69, 9.17) is 0 Å². The van der Waals surface area contributed by atoms with Gasteiger partial charge in [0.05, 0.1) is 16.6 Å². The Morgan fingerprint density at radius 1 is 0.247 bits per heavy atom. The first-order chi connectivity index (χ1) is 36.3. The van der Waals surface area contributed by atoms with Crippen molar-refractivity contribution in [1.29, 1.82) is 0 Å². The highest BCUT2D eigenvalue weighted by atomic mass is 15.2. The molecular weight excluding hydrogens is 884 g/mol. The number of anilines is 12. The van der Waals surface area contributed by atoms with Crippen LogP contribution in [0.5, 0.6) is 0 Å². The molecular formula is C66H41B2N5. The maximum Gasteiger partial charge on any atom is 0.253 e. The zero-order valence-corrected chi connectivity index (χ0v) is 39.6. The van der Waals surface area contributed by atoms with Crippen LogP contribution < -0.4 is 52.4 Å². The van der Waals surface area contributed by atoms with Gasteiger partial charge >= 0.3 is 0 Å². The van der Waals surface area contributed by atoms with Gasteiger partial charge < -0.3 is 24.0 Å². The number of para-hydroxylation sites is 7. The van der Waals surface area contributed by atoms with Gasteiger partial charge in [0.15, 0.2) is 0 Å². The summed E-state index contributed by atoms with van der Waals surface area (Å²) in [6.07, 6.45) is 0. The third-order valence-corrected chi connectivity index (χ3v) is 16.4. The fraction of sp³-hybridized carbons (Fsp3) is 0. The Labute approximate surface area is 423 Å². The molecule has 73 heavy (non-hydrogen) atoms. The lowest BCUT2D eigenvalue weighted by atomic mass is 9.33. The van der Waals surface area contributed by atoms with Crippen LogP contribution in [0.25, 0.3) is 38.1 Å². The molecule has 5 nitrogen and oxygen atoms in total. The quantitative estimate of drug-likeness (QED) is 0.164. The summed E-state index contributed by atoms with van der Waals surface area (Å²) in [5.41, 5.74) is 26.0. The lowest BCUT2D eigenvalue weighted by Crippen LogP contribution is -2.61. The molecule has 0 aliphatic carbocycles. The first-order valence-electron chi connectivity index (χ1n) is 25.4. The topological polar surface area (TPSA) is 17.4 Å². The zero-order chi connectivity index (χ0) is 47.5. The van der Waals surface area contributed by atoms with Crippen molar-refractivity contribution in [2.24, 2.45) is 0 Å². The van der Waals surface area contributed by atoms with Gasteiger partial charge in [0.25, 0.3) is 13.4 Å². The van der Waals surface area contributed by atoms with Crippen molar-refractivity contribution < 1.29 is 0 Å². The normalized spacial score (nSPS) is 13.9. The van der Waals surface area contributed by atoms with Gasteiger partial charge in [-0.1, -0.05) is 146 Å². The second-order valence-electron chi connectivity index (χ2n) is 19.9. The lowest BCUT2D eigenvalue weighted by molar-refractivity contribution is 1.25. The summed E-state index contributed by atoms with van der Waals surface area (Å²) in [4.78, 5) is 10.0. The molecule has 6 heterocycles. The molecule has 0 N–H and O–H groups in total. The predicted octanol–water partition coefficient (Wildman–Crippen LogP) is 13.0. The summed E-state index contributed by atoms with van der Waals surface area (Å²) < 4.78 is 2.61. The fourth-order valence-electron chi connectivity index (χ4n) is 13.7. The molecule has 0 unspecified atom stereocenters. The summed E-state index contributed by atoms with van der Waals surface area (Å²) in [5.74, 6) is 0. The van der Waals surface area contributed by atoms with E-state index >= 15 is 0 Å². The van der Waals surface area contributed by atoms with Gasteiger partial charge in [-0.25, -0.2) is 0 Å². The van der Waals surface area contributed by atoms with Gasteiger partial charge in [-0.3, -0.25) is 0 Å². The number of hydrogen-bond donors (Lipinski definition) is 0. The predicted molar refractivity (Wildman–Crippen MR) is 309 cm³/mol. The van der Waals surface area contributed by atoms with Crippen molar-refractivity contribution in [3.05, 3.63) is 249 Å². The standard InChI is InChI=1S/C66H41B2N5/c1-5-20-42(21-6-1)69-52-32-15-13-30-49(52)67-51-40-48-46-28-17-29-47-62-54(73(66(46)47)60(48)41-61(51)72(45-26-11-4-12-27-45)56-35-18-34-55(69)63(56)67)38-39-59-65(62)68-50-31-14-16-33-53(50)70(43-22-7-2-8-23-43)57-36-19-37-58(64(57)68)71(59)44-24-9-3-10-25-44/h1-41H. The molecule has 0 atom stereocenters. The minimum absolute atomic E-state index is 0.0191. The number of nitrogens with zero attached hydrogens (tertiary/aromatic N) is 5. The number of fused-ring (bicyclic) bond motifs is 15. The molecule has 2 aromatic heterocycles. The van der Waals surface area contributed by atoms with E-state index in [9.17, 15) is 0 Å². The molecule has 4 aliphatic rings. The first-order valence-corrected chi connectivity index (χ1v) is 25.4. The van der Waals surface area contributed by atoms with E-state index in [0.29, 0.717) is 0 Å². The monoisotopic (exact) mass is 925 g/mol. The van der Waals surface area contributed by atoms with Crippen LogP contribution in [0.2, 0.25) is 0 Å². The molecule has 11 aromatic carbocycles. The van der Waals surface area contributed by atoms with Gasteiger partial charge in [0.2, 0.25) is 0 Å². The van der Waals surface area contributed by atoms with Crippen molar-refractivity contribution >= 4 is 153 Å². The molecule has 0 saturated heterocycles. The van der Waals surface area contributed by atoms with E-state index in [-0.39, 0.29) is 13.4 Å². The molecule has 4 aliphatic heterocycles. The highest BCUT2D eigenvalue weighted by molar-refractivity contribution is 7.02. The second kappa shape index (κ2) is 14.6. The Morgan fingerprint density at radius 2 is 0.658 bits per heavy atom. The van der Waals surface area contributed by atoms with Crippen LogP contribution in [0.3, 0.4) is 0 Å². The SMILES string of the molecule is c1ccc(N2c3ccccc3B3c4cc5c6cccc7c8c9c(ccc8n(c5cc4N(c4ccccc4)c4cccc2c43)c67)N(c2ccccc2)c2cccc3c2B9c2ccccc2N3c2ccccc2)cc1. The third kappa shape index (κ3) is 5.12. The highest BCUT2D eigenvalue weighted by Crippen LogP contribution is 2.49. The third-order valence-electron chi connectivity index (χ3n) is 16.4. The number of hydrogen-bond acceptors (Lipinski definition) is 4. The molecule has 0 saturated carbocycles. The van der Waals surface area contributed by atoms with E-state index in [1.165, 1.54) is 116 Å². The smallest absolute Gasteiger partial charge is 0.253 e. The van der Waals surface area contributed by atoms with Crippen LogP contribution in [0.1, 0.15) is 0 Å². The first kappa shape index (κ1) is 39.3. The van der Waals surface area contributed by atoms with Crippen molar-refractivity contribution in [2.75, 3.05) is 19.6 Å². The zero-order valence-electron chi connectivity index (χ0n) is 39.6. The molecule has 0 radical (unpaired) electrons. The Hall–Kier alpha value is -9.45. The molecule has 0 bridgehead atoms. The van der Waals surface area contributed by atoms with Gasteiger partial charge in [-0.05, 0) is 136 Å². The van der Waals surface area contributed by atoms with E-state index in [1.54, 1.807) is 0 Å². The van der Waals surface area contributed by atoms with E-state index in [1.807, 2.05) is 0 Å². The highest BCUT2D eigenvalue weighted by Gasteiger charge is 2.46. The summed E-state index contributed by atoms with van der Waals surface area (Å²) >= 11 is 0. The molecule has 17 rings (SSSR count). The average Bonchev–Trinajstić information content (AvgIpc) is 4.02. The minimum Gasteiger partial charge on any atom is -0.311 e. The summed E-state index contributed by atoms with van der Waals surface area (Å²) in [6, 6.07) is 92.6. The van der Waals surface area contributed by atoms with Crippen molar-refractivity contribution in [2.45, 2.75) is 0 Å². The van der Waals surface area contributed by atoms with Crippen molar-refractivity contribution in [1.82, 2.24) is 4.40 Å². The van der Waals surface area contributed by atoms with Crippen LogP contribution in [-0.4, -0.2) is 17.8 Å². The maximum absolute atomic E-state index is 2.61. The van der Waals surface area contributed by atoms with E-state index < -0.39 is 0 Å². The second-order valence-corrected chi connectivity index (χ2v) is 19.9. The number of rotatable bonds is 4.